The number of hydrogen-bond donors (Lipinski definition) is 1. The Morgan fingerprint density at radius 3 is 2.67 bits per heavy atom. The lowest BCUT2D eigenvalue weighted by Crippen LogP contribution is -2.39. The van der Waals surface area contributed by atoms with E-state index in [1.165, 1.54) is 44.5 Å². The van der Waals surface area contributed by atoms with Crippen molar-refractivity contribution in [2.45, 2.75) is 31.3 Å². The van der Waals surface area contributed by atoms with Crippen LogP contribution in [0.5, 0.6) is 0 Å². The molecule has 0 spiro atoms. The van der Waals surface area contributed by atoms with E-state index < -0.39 is 0 Å². The van der Waals surface area contributed by atoms with E-state index in [0.717, 1.165) is 10.5 Å². The second-order valence-corrected chi connectivity index (χ2v) is 7.19. The third-order valence-electron chi connectivity index (χ3n) is 4.40. The van der Waals surface area contributed by atoms with Crippen molar-refractivity contribution < 1.29 is 0 Å². The van der Waals surface area contributed by atoms with Gasteiger partial charge in [-0.15, -0.1) is 0 Å². The van der Waals surface area contributed by atoms with Crippen LogP contribution in [0.15, 0.2) is 28.7 Å². The standard InChI is InChI=1S/C17H28BrN3/c1-19-17(14-6-8-15(18)9-7-14)10-12-21-11-4-5-16(21)13-20(2)3/h6-9,16-17,19H,4-5,10-13H2,1-3H3. The molecule has 1 aliphatic heterocycles. The van der Waals surface area contributed by atoms with E-state index in [-0.39, 0.29) is 0 Å². The average Bonchev–Trinajstić information content (AvgIpc) is 2.88. The molecule has 0 amide bonds. The predicted molar refractivity (Wildman–Crippen MR) is 93.7 cm³/mol. The highest BCUT2D eigenvalue weighted by Gasteiger charge is 2.25. The number of likely N-dealkylation sites (N-methyl/N-ethyl adjacent to an activating group) is 1. The van der Waals surface area contributed by atoms with Crippen molar-refractivity contribution >= 4 is 15.9 Å². The van der Waals surface area contributed by atoms with Crippen LogP contribution in [0.3, 0.4) is 0 Å². The first-order chi connectivity index (χ1) is 10.1. The van der Waals surface area contributed by atoms with Crippen molar-refractivity contribution in [2.75, 3.05) is 40.8 Å². The summed E-state index contributed by atoms with van der Waals surface area (Å²) in [4.78, 5) is 4.98. The van der Waals surface area contributed by atoms with Crippen LogP contribution in [0.2, 0.25) is 0 Å². The molecule has 0 aromatic heterocycles. The van der Waals surface area contributed by atoms with Gasteiger partial charge in [-0.25, -0.2) is 0 Å². The van der Waals surface area contributed by atoms with Crippen LogP contribution in [0, 0.1) is 0 Å². The van der Waals surface area contributed by atoms with Crippen LogP contribution < -0.4 is 5.32 Å². The SMILES string of the molecule is CNC(CCN1CCCC1CN(C)C)c1ccc(Br)cc1. The van der Waals surface area contributed by atoms with E-state index in [1.54, 1.807) is 0 Å². The van der Waals surface area contributed by atoms with Gasteiger partial charge in [0.2, 0.25) is 0 Å². The van der Waals surface area contributed by atoms with Crippen molar-refractivity contribution in [3.05, 3.63) is 34.3 Å². The van der Waals surface area contributed by atoms with Crippen LogP contribution >= 0.6 is 15.9 Å². The summed E-state index contributed by atoms with van der Waals surface area (Å²) >= 11 is 3.51. The van der Waals surface area contributed by atoms with Gasteiger partial charge in [0.1, 0.15) is 0 Å². The van der Waals surface area contributed by atoms with Crippen LogP contribution in [0.25, 0.3) is 0 Å². The van der Waals surface area contributed by atoms with E-state index in [9.17, 15) is 0 Å². The molecular formula is C17H28BrN3. The molecular weight excluding hydrogens is 326 g/mol. The van der Waals surface area contributed by atoms with Gasteiger partial charge in [0.05, 0.1) is 0 Å². The Labute approximate surface area is 137 Å². The van der Waals surface area contributed by atoms with Gasteiger partial charge in [0, 0.05) is 29.6 Å². The Morgan fingerprint density at radius 2 is 2.05 bits per heavy atom. The number of nitrogens with zero attached hydrogens (tertiary/aromatic N) is 2. The summed E-state index contributed by atoms with van der Waals surface area (Å²) in [7, 11) is 6.41. The maximum atomic E-state index is 3.51. The number of rotatable bonds is 7. The Hall–Kier alpha value is -0.420. The molecule has 2 atom stereocenters. The largest absolute Gasteiger partial charge is 0.313 e. The maximum Gasteiger partial charge on any atom is 0.0329 e. The molecule has 4 heteroatoms. The van der Waals surface area contributed by atoms with E-state index >= 15 is 0 Å². The third kappa shape index (κ3) is 5.06. The summed E-state index contributed by atoms with van der Waals surface area (Å²) in [6.45, 7) is 3.62. The number of benzene rings is 1. The minimum absolute atomic E-state index is 0.443. The monoisotopic (exact) mass is 353 g/mol. The summed E-state index contributed by atoms with van der Waals surface area (Å²) in [5, 5.41) is 3.46. The lowest BCUT2D eigenvalue weighted by Gasteiger charge is -2.28. The summed E-state index contributed by atoms with van der Waals surface area (Å²) in [5.74, 6) is 0. The highest BCUT2D eigenvalue weighted by molar-refractivity contribution is 9.10. The number of nitrogens with one attached hydrogen (secondary N) is 1. The van der Waals surface area contributed by atoms with Gasteiger partial charge < -0.3 is 10.2 Å². The fourth-order valence-electron chi connectivity index (χ4n) is 3.29. The van der Waals surface area contributed by atoms with E-state index in [0.29, 0.717) is 6.04 Å². The molecule has 0 bridgehead atoms. The van der Waals surface area contributed by atoms with Crippen molar-refractivity contribution in [1.29, 1.82) is 0 Å². The van der Waals surface area contributed by atoms with Crippen LogP contribution in [0.1, 0.15) is 30.9 Å². The lowest BCUT2D eigenvalue weighted by atomic mass is 10.0. The zero-order valence-corrected chi connectivity index (χ0v) is 15.1. The molecule has 21 heavy (non-hydrogen) atoms. The molecule has 1 fully saturated rings. The van der Waals surface area contributed by atoms with Crippen molar-refractivity contribution in [1.82, 2.24) is 15.1 Å². The zero-order valence-electron chi connectivity index (χ0n) is 13.5. The smallest absolute Gasteiger partial charge is 0.0329 e. The van der Waals surface area contributed by atoms with Crippen molar-refractivity contribution in [2.24, 2.45) is 0 Å². The number of hydrogen-bond acceptors (Lipinski definition) is 3. The van der Waals surface area contributed by atoms with Crippen LogP contribution in [-0.4, -0.2) is 56.6 Å². The number of likely N-dealkylation sites (tertiary alicyclic amines) is 1. The first-order valence-corrected chi connectivity index (χ1v) is 8.71. The van der Waals surface area contributed by atoms with Crippen LogP contribution in [0.4, 0.5) is 0 Å². The molecule has 0 saturated carbocycles. The highest BCUT2D eigenvalue weighted by Crippen LogP contribution is 2.23. The normalized spacial score (nSPS) is 21.1. The summed E-state index contributed by atoms with van der Waals surface area (Å²) in [5.41, 5.74) is 1.38. The molecule has 2 unspecified atom stereocenters. The topological polar surface area (TPSA) is 18.5 Å². The van der Waals surface area contributed by atoms with Gasteiger partial charge in [0.15, 0.2) is 0 Å². The molecule has 1 aromatic rings. The van der Waals surface area contributed by atoms with Gasteiger partial charge in [-0.1, -0.05) is 28.1 Å². The first-order valence-electron chi connectivity index (χ1n) is 7.91. The van der Waals surface area contributed by atoms with E-state index in [2.05, 4.69) is 76.5 Å². The zero-order chi connectivity index (χ0) is 15.2. The molecule has 2 rings (SSSR count). The van der Waals surface area contributed by atoms with Crippen molar-refractivity contribution in [3.8, 4) is 0 Å². The summed E-state index contributed by atoms with van der Waals surface area (Å²) < 4.78 is 1.15. The molecule has 0 aliphatic carbocycles. The van der Waals surface area contributed by atoms with Gasteiger partial charge in [-0.2, -0.15) is 0 Å². The molecule has 0 radical (unpaired) electrons. The molecule has 1 heterocycles. The Morgan fingerprint density at radius 1 is 1.33 bits per heavy atom. The molecule has 1 N–H and O–H groups in total. The lowest BCUT2D eigenvalue weighted by molar-refractivity contribution is 0.200. The molecule has 1 aliphatic rings. The molecule has 1 aromatic carbocycles. The van der Waals surface area contributed by atoms with Gasteiger partial charge in [0.25, 0.3) is 0 Å². The van der Waals surface area contributed by atoms with Crippen molar-refractivity contribution in [3.63, 3.8) is 0 Å². The maximum absolute atomic E-state index is 3.51. The number of halogens is 1. The molecule has 118 valence electrons. The molecule has 1 saturated heterocycles. The third-order valence-corrected chi connectivity index (χ3v) is 4.93. The van der Waals surface area contributed by atoms with E-state index in [4.69, 9.17) is 0 Å². The summed E-state index contributed by atoms with van der Waals surface area (Å²) in [6.07, 6.45) is 3.86. The Kier molecular flexibility index (Phi) is 6.68. The first kappa shape index (κ1) is 16.9. The van der Waals surface area contributed by atoms with Gasteiger partial charge >= 0.3 is 0 Å². The Balaban J connectivity index is 1.89. The van der Waals surface area contributed by atoms with Gasteiger partial charge in [-0.05, 0) is 64.6 Å². The predicted octanol–water partition coefficient (Wildman–Crippen LogP) is 3.13. The quantitative estimate of drug-likeness (QED) is 0.812. The van der Waals surface area contributed by atoms with Gasteiger partial charge in [-0.3, -0.25) is 4.90 Å². The van der Waals surface area contributed by atoms with Crippen LogP contribution in [-0.2, 0) is 0 Å². The minimum Gasteiger partial charge on any atom is -0.313 e. The van der Waals surface area contributed by atoms with E-state index in [1.807, 2.05) is 0 Å². The second-order valence-electron chi connectivity index (χ2n) is 6.28. The fourth-order valence-corrected chi connectivity index (χ4v) is 3.55. The highest BCUT2D eigenvalue weighted by atomic mass is 79.9. The average molecular weight is 354 g/mol. The fraction of sp³-hybridized carbons (Fsp3) is 0.647. The minimum atomic E-state index is 0.443. The molecule has 3 nitrogen and oxygen atoms in total. The summed E-state index contributed by atoms with van der Waals surface area (Å²) in [6, 6.07) is 9.87. The second kappa shape index (κ2) is 8.28. The Bertz CT molecular complexity index is 419.